The minimum absolute atomic E-state index is 0.136. The van der Waals surface area contributed by atoms with Gasteiger partial charge in [0.15, 0.2) is 5.82 Å². The second kappa shape index (κ2) is 7.77. The molecular weight excluding hydrogens is 392 g/mol. The third-order valence-electron chi connectivity index (χ3n) is 4.90. The number of hydrogen-bond donors (Lipinski definition) is 2. The van der Waals surface area contributed by atoms with Crippen LogP contribution in [0.25, 0.3) is 11.1 Å². The number of pyridine rings is 1. The van der Waals surface area contributed by atoms with Crippen LogP contribution < -0.4 is 10.2 Å². The maximum atomic E-state index is 13.8. The summed E-state index contributed by atoms with van der Waals surface area (Å²) in [6.45, 7) is 3.60. The standard InChI is InChI=1S/C20H21F2N7O/c1-12(2)17-24-7-14(8-25-17)19(30)28-16-15(13-9-26-27-10-13)3-5-23-18(16)29-6-4-20(21,22)11-29/h3,5,7-10,12H,4,6,11H2,1-2H3,(H,26,27)(H,28,30). The molecule has 4 rings (SSSR count). The average Bonchev–Trinajstić information content (AvgIpc) is 3.37. The summed E-state index contributed by atoms with van der Waals surface area (Å²) in [5, 5.41) is 9.49. The van der Waals surface area contributed by atoms with Gasteiger partial charge < -0.3 is 10.2 Å². The van der Waals surface area contributed by atoms with Crippen LogP contribution in [0.5, 0.6) is 0 Å². The molecule has 156 valence electrons. The maximum Gasteiger partial charge on any atom is 0.266 e. The van der Waals surface area contributed by atoms with E-state index in [1.165, 1.54) is 23.5 Å². The predicted molar refractivity (Wildman–Crippen MR) is 108 cm³/mol. The van der Waals surface area contributed by atoms with Crippen molar-refractivity contribution in [2.45, 2.75) is 32.1 Å². The first-order valence-corrected chi connectivity index (χ1v) is 9.58. The van der Waals surface area contributed by atoms with Crippen LogP contribution in [0, 0.1) is 0 Å². The molecule has 0 aliphatic carbocycles. The summed E-state index contributed by atoms with van der Waals surface area (Å²) in [4.78, 5) is 27.1. The molecule has 3 aromatic heterocycles. The molecule has 1 aliphatic heterocycles. The Balaban J connectivity index is 1.70. The van der Waals surface area contributed by atoms with Crippen molar-refractivity contribution >= 4 is 17.4 Å². The molecule has 0 atom stereocenters. The number of alkyl halides is 2. The van der Waals surface area contributed by atoms with E-state index in [0.717, 1.165) is 0 Å². The van der Waals surface area contributed by atoms with Gasteiger partial charge in [0.1, 0.15) is 5.82 Å². The minimum Gasteiger partial charge on any atom is -0.349 e. The van der Waals surface area contributed by atoms with Crippen molar-refractivity contribution in [3.8, 4) is 11.1 Å². The molecule has 1 amide bonds. The zero-order chi connectivity index (χ0) is 21.3. The highest BCUT2D eigenvalue weighted by molar-refractivity contribution is 6.08. The third kappa shape index (κ3) is 3.98. The number of carbonyl (C=O) groups excluding carboxylic acids is 1. The summed E-state index contributed by atoms with van der Waals surface area (Å²) in [6, 6.07) is 1.70. The number of aromatic nitrogens is 5. The molecule has 1 saturated heterocycles. The van der Waals surface area contributed by atoms with Crippen LogP contribution >= 0.6 is 0 Å². The van der Waals surface area contributed by atoms with E-state index in [9.17, 15) is 13.6 Å². The molecule has 1 aliphatic rings. The number of anilines is 2. The SMILES string of the molecule is CC(C)c1ncc(C(=O)Nc2c(-c3cn[nH]c3)ccnc2N2CCC(F)(F)C2)cn1. The van der Waals surface area contributed by atoms with Crippen LogP contribution in [0.1, 0.15) is 42.4 Å². The van der Waals surface area contributed by atoms with Crippen molar-refractivity contribution in [1.82, 2.24) is 25.1 Å². The fourth-order valence-corrected chi connectivity index (χ4v) is 3.31. The van der Waals surface area contributed by atoms with Gasteiger partial charge in [-0.1, -0.05) is 13.8 Å². The quantitative estimate of drug-likeness (QED) is 0.664. The van der Waals surface area contributed by atoms with Crippen molar-refractivity contribution < 1.29 is 13.6 Å². The lowest BCUT2D eigenvalue weighted by atomic mass is 10.1. The number of rotatable bonds is 5. The van der Waals surface area contributed by atoms with Gasteiger partial charge in [-0.05, 0) is 6.07 Å². The molecule has 3 aromatic rings. The van der Waals surface area contributed by atoms with E-state index < -0.39 is 18.4 Å². The Labute approximate surface area is 171 Å². The van der Waals surface area contributed by atoms with Crippen molar-refractivity contribution in [3.63, 3.8) is 0 Å². The van der Waals surface area contributed by atoms with Gasteiger partial charge in [0, 0.05) is 54.8 Å². The lowest BCUT2D eigenvalue weighted by Gasteiger charge is -2.22. The van der Waals surface area contributed by atoms with Crippen LogP contribution in [0.3, 0.4) is 0 Å². The van der Waals surface area contributed by atoms with Crippen LogP contribution in [0.2, 0.25) is 0 Å². The van der Waals surface area contributed by atoms with Crippen molar-refractivity contribution in [3.05, 3.63) is 48.4 Å². The van der Waals surface area contributed by atoms with Gasteiger partial charge in [-0.25, -0.2) is 23.7 Å². The molecule has 8 nitrogen and oxygen atoms in total. The van der Waals surface area contributed by atoms with E-state index >= 15 is 0 Å². The summed E-state index contributed by atoms with van der Waals surface area (Å²) in [7, 11) is 0. The lowest BCUT2D eigenvalue weighted by Crippen LogP contribution is -2.27. The Bertz CT molecular complexity index is 1040. The summed E-state index contributed by atoms with van der Waals surface area (Å²) >= 11 is 0. The molecule has 2 N–H and O–H groups in total. The van der Waals surface area contributed by atoms with E-state index in [1.807, 2.05) is 13.8 Å². The molecular formula is C20H21F2N7O. The first kappa shape index (κ1) is 19.9. The molecule has 30 heavy (non-hydrogen) atoms. The van der Waals surface area contributed by atoms with Gasteiger partial charge in [-0.2, -0.15) is 5.10 Å². The largest absolute Gasteiger partial charge is 0.349 e. The Kier molecular flexibility index (Phi) is 5.15. The van der Waals surface area contributed by atoms with E-state index in [0.29, 0.717) is 28.5 Å². The fourth-order valence-electron chi connectivity index (χ4n) is 3.31. The van der Waals surface area contributed by atoms with Gasteiger partial charge in [-0.15, -0.1) is 0 Å². The minimum atomic E-state index is -2.80. The fraction of sp³-hybridized carbons (Fsp3) is 0.350. The number of halogens is 2. The normalized spacial score (nSPS) is 15.6. The van der Waals surface area contributed by atoms with Crippen LogP contribution in [0.15, 0.2) is 37.1 Å². The summed E-state index contributed by atoms with van der Waals surface area (Å²) in [6.07, 6.45) is 7.43. The molecule has 4 heterocycles. The van der Waals surface area contributed by atoms with Crippen LogP contribution in [-0.4, -0.2) is 50.1 Å². The number of carbonyl (C=O) groups is 1. The molecule has 0 unspecified atom stereocenters. The smallest absolute Gasteiger partial charge is 0.266 e. The van der Waals surface area contributed by atoms with Crippen molar-refractivity contribution in [2.24, 2.45) is 0 Å². The zero-order valence-electron chi connectivity index (χ0n) is 16.6. The highest BCUT2D eigenvalue weighted by atomic mass is 19.3. The Morgan fingerprint density at radius 3 is 2.60 bits per heavy atom. The van der Waals surface area contributed by atoms with Crippen molar-refractivity contribution in [1.29, 1.82) is 0 Å². The number of amides is 1. The number of aromatic amines is 1. The van der Waals surface area contributed by atoms with E-state index in [-0.39, 0.29) is 24.4 Å². The first-order valence-electron chi connectivity index (χ1n) is 9.58. The van der Waals surface area contributed by atoms with Crippen molar-refractivity contribution in [2.75, 3.05) is 23.3 Å². The Hall–Kier alpha value is -3.43. The summed E-state index contributed by atoms with van der Waals surface area (Å²) in [5.74, 6) is -2.19. The molecule has 0 aromatic carbocycles. The zero-order valence-corrected chi connectivity index (χ0v) is 16.6. The molecule has 1 fully saturated rings. The Morgan fingerprint density at radius 2 is 2.00 bits per heavy atom. The van der Waals surface area contributed by atoms with Gasteiger partial charge in [0.25, 0.3) is 11.8 Å². The summed E-state index contributed by atoms with van der Waals surface area (Å²) in [5.41, 5.74) is 1.93. The molecule has 0 spiro atoms. The van der Waals surface area contributed by atoms with E-state index in [1.54, 1.807) is 18.5 Å². The van der Waals surface area contributed by atoms with Gasteiger partial charge >= 0.3 is 0 Å². The van der Waals surface area contributed by atoms with Gasteiger partial charge in [0.05, 0.1) is 24.0 Å². The number of hydrogen-bond acceptors (Lipinski definition) is 6. The topological polar surface area (TPSA) is 99.7 Å². The summed E-state index contributed by atoms with van der Waals surface area (Å²) < 4.78 is 27.7. The van der Waals surface area contributed by atoms with Crippen LogP contribution in [0.4, 0.5) is 20.3 Å². The second-order valence-electron chi connectivity index (χ2n) is 7.51. The molecule has 0 radical (unpaired) electrons. The highest BCUT2D eigenvalue weighted by Crippen LogP contribution is 2.38. The van der Waals surface area contributed by atoms with E-state index in [2.05, 4.69) is 30.5 Å². The molecule has 0 saturated carbocycles. The van der Waals surface area contributed by atoms with Gasteiger partial charge in [0.2, 0.25) is 0 Å². The molecule has 0 bridgehead atoms. The average molecular weight is 413 g/mol. The van der Waals surface area contributed by atoms with E-state index in [4.69, 9.17) is 0 Å². The first-order chi connectivity index (χ1) is 14.3. The van der Waals surface area contributed by atoms with Gasteiger partial charge in [-0.3, -0.25) is 9.89 Å². The van der Waals surface area contributed by atoms with Crippen LogP contribution in [-0.2, 0) is 0 Å². The monoisotopic (exact) mass is 413 g/mol. The third-order valence-corrected chi connectivity index (χ3v) is 4.90. The number of nitrogens with zero attached hydrogens (tertiary/aromatic N) is 5. The second-order valence-corrected chi connectivity index (χ2v) is 7.51. The highest BCUT2D eigenvalue weighted by Gasteiger charge is 2.40. The predicted octanol–water partition coefficient (Wildman–Crippen LogP) is 3.48. The maximum absolute atomic E-state index is 13.8. The number of H-pyrrole nitrogens is 1. The number of nitrogens with one attached hydrogen (secondary N) is 2. The lowest BCUT2D eigenvalue weighted by molar-refractivity contribution is 0.0257. The Morgan fingerprint density at radius 1 is 1.23 bits per heavy atom. The molecule has 10 heteroatoms.